The predicted molar refractivity (Wildman–Crippen MR) is 86.9 cm³/mol. The Balaban J connectivity index is 0.00000200. The van der Waals surface area contributed by atoms with Crippen LogP contribution in [0, 0.1) is 5.92 Å². The molecule has 0 atom stereocenters. The highest BCUT2D eigenvalue weighted by Crippen LogP contribution is 2.26. The first kappa shape index (κ1) is 16.8. The maximum atomic E-state index is 12.7. The van der Waals surface area contributed by atoms with Gasteiger partial charge in [0, 0.05) is 30.9 Å². The number of nitrogens with one attached hydrogen (secondary N) is 1. The van der Waals surface area contributed by atoms with Crippen LogP contribution >= 0.6 is 12.4 Å². The highest BCUT2D eigenvalue weighted by Gasteiger charge is 2.21. The molecule has 1 aromatic rings. The van der Waals surface area contributed by atoms with Crippen LogP contribution in [0.3, 0.4) is 0 Å². The molecule has 0 bridgehead atoms. The van der Waals surface area contributed by atoms with Gasteiger partial charge in [0.05, 0.1) is 0 Å². The zero-order chi connectivity index (χ0) is 13.8. The molecule has 1 heterocycles. The molecule has 0 saturated carbocycles. The van der Waals surface area contributed by atoms with E-state index in [1.54, 1.807) is 0 Å². The van der Waals surface area contributed by atoms with Crippen LogP contribution in [0.4, 0.5) is 5.69 Å². The van der Waals surface area contributed by atoms with Gasteiger partial charge in [-0.25, -0.2) is 0 Å². The van der Waals surface area contributed by atoms with Gasteiger partial charge < -0.3 is 10.2 Å². The van der Waals surface area contributed by atoms with E-state index in [0.717, 1.165) is 43.7 Å². The lowest BCUT2D eigenvalue weighted by molar-refractivity contribution is 0.0744. The number of nitrogens with zero attached hydrogens (tertiary/aromatic N) is 1. The maximum absolute atomic E-state index is 12.7. The molecule has 0 aliphatic carbocycles. The zero-order valence-corrected chi connectivity index (χ0v) is 13.4. The van der Waals surface area contributed by atoms with Gasteiger partial charge in [-0.1, -0.05) is 19.9 Å². The topological polar surface area (TPSA) is 32.3 Å². The van der Waals surface area contributed by atoms with Crippen LogP contribution in [0.5, 0.6) is 0 Å². The molecule has 0 unspecified atom stereocenters. The predicted octanol–water partition coefficient (Wildman–Crippen LogP) is 3.58. The fourth-order valence-corrected chi connectivity index (χ4v) is 2.68. The minimum absolute atomic E-state index is 0. The summed E-state index contributed by atoms with van der Waals surface area (Å²) in [7, 11) is 0. The smallest absolute Gasteiger partial charge is 0.254 e. The van der Waals surface area contributed by atoms with E-state index in [2.05, 4.69) is 25.2 Å². The average molecular weight is 297 g/mol. The second-order valence-electron chi connectivity index (χ2n) is 5.60. The third-order valence-corrected chi connectivity index (χ3v) is 3.58. The number of halogens is 1. The molecule has 1 aromatic carbocycles. The summed E-state index contributed by atoms with van der Waals surface area (Å²) >= 11 is 0. The van der Waals surface area contributed by atoms with Gasteiger partial charge in [-0.3, -0.25) is 4.79 Å². The van der Waals surface area contributed by atoms with Gasteiger partial charge in [0.15, 0.2) is 0 Å². The fourth-order valence-electron chi connectivity index (χ4n) is 2.68. The van der Waals surface area contributed by atoms with Crippen molar-refractivity contribution in [2.75, 3.05) is 25.0 Å². The summed E-state index contributed by atoms with van der Waals surface area (Å²) in [4.78, 5) is 14.6. The number of hydrogen-bond acceptors (Lipinski definition) is 2. The largest absolute Gasteiger partial charge is 0.385 e. The van der Waals surface area contributed by atoms with Crippen LogP contribution in [-0.2, 0) is 6.42 Å². The Kier molecular flexibility index (Phi) is 6.34. The van der Waals surface area contributed by atoms with Crippen molar-refractivity contribution in [3.05, 3.63) is 29.3 Å². The number of carbonyl (C=O) groups is 1. The van der Waals surface area contributed by atoms with E-state index in [0.29, 0.717) is 5.92 Å². The highest BCUT2D eigenvalue weighted by atomic mass is 35.5. The van der Waals surface area contributed by atoms with Crippen molar-refractivity contribution in [1.82, 2.24) is 4.90 Å². The zero-order valence-electron chi connectivity index (χ0n) is 12.6. The molecule has 0 spiro atoms. The Morgan fingerprint density at radius 2 is 2.15 bits per heavy atom. The van der Waals surface area contributed by atoms with Crippen LogP contribution in [-0.4, -0.2) is 30.4 Å². The van der Waals surface area contributed by atoms with E-state index in [4.69, 9.17) is 0 Å². The van der Waals surface area contributed by atoms with E-state index in [9.17, 15) is 4.79 Å². The molecule has 1 aliphatic heterocycles. The molecule has 112 valence electrons. The number of hydrogen-bond donors (Lipinski definition) is 1. The summed E-state index contributed by atoms with van der Waals surface area (Å²) in [5.41, 5.74) is 3.21. The number of anilines is 1. The monoisotopic (exact) mass is 296 g/mol. The SMILES string of the molecule is CCN(CC(C)C)C(=O)c1cccc2c1CCCN2.Cl. The van der Waals surface area contributed by atoms with E-state index < -0.39 is 0 Å². The lowest BCUT2D eigenvalue weighted by Crippen LogP contribution is -2.35. The van der Waals surface area contributed by atoms with Gasteiger partial charge >= 0.3 is 0 Å². The van der Waals surface area contributed by atoms with Crippen molar-refractivity contribution in [3.63, 3.8) is 0 Å². The van der Waals surface area contributed by atoms with E-state index in [1.165, 1.54) is 5.56 Å². The Bertz CT molecular complexity index is 460. The quantitative estimate of drug-likeness (QED) is 0.921. The van der Waals surface area contributed by atoms with Crippen molar-refractivity contribution in [3.8, 4) is 0 Å². The van der Waals surface area contributed by atoms with E-state index in [1.807, 2.05) is 24.0 Å². The summed E-state index contributed by atoms with van der Waals surface area (Å²) < 4.78 is 0. The molecule has 0 aromatic heterocycles. The van der Waals surface area contributed by atoms with Crippen molar-refractivity contribution >= 4 is 24.0 Å². The molecular formula is C16H25ClN2O. The molecule has 2 rings (SSSR count). The van der Waals surface area contributed by atoms with E-state index in [-0.39, 0.29) is 18.3 Å². The second kappa shape index (κ2) is 7.53. The first-order valence-electron chi connectivity index (χ1n) is 7.28. The van der Waals surface area contributed by atoms with Gasteiger partial charge in [0.25, 0.3) is 5.91 Å². The first-order chi connectivity index (χ1) is 9.13. The van der Waals surface area contributed by atoms with Gasteiger partial charge in [0.2, 0.25) is 0 Å². The van der Waals surface area contributed by atoms with Gasteiger partial charge in [-0.15, -0.1) is 12.4 Å². The molecule has 1 aliphatic rings. The summed E-state index contributed by atoms with van der Waals surface area (Å²) in [6, 6.07) is 6.02. The molecule has 3 nitrogen and oxygen atoms in total. The fraction of sp³-hybridized carbons (Fsp3) is 0.562. The van der Waals surface area contributed by atoms with Crippen LogP contribution in [0.25, 0.3) is 0 Å². The molecule has 0 radical (unpaired) electrons. The molecular weight excluding hydrogens is 272 g/mol. The minimum Gasteiger partial charge on any atom is -0.385 e. The molecule has 0 fully saturated rings. The summed E-state index contributed by atoms with van der Waals surface area (Å²) in [6.07, 6.45) is 2.11. The van der Waals surface area contributed by atoms with Crippen LogP contribution in [0.15, 0.2) is 18.2 Å². The van der Waals surface area contributed by atoms with E-state index >= 15 is 0 Å². The Morgan fingerprint density at radius 1 is 1.40 bits per heavy atom. The normalized spacial score (nSPS) is 13.2. The lowest BCUT2D eigenvalue weighted by Gasteiger charge is -2.26. The first-order valence-corrected chi connectivity index (χ1v) is 7.28. The molecule has 0 saturated heterocycles. The summed E-state index contributed by atoms with van der Waals surface area (Å²) in [5, 5.41) is 3.38. The highest BCUT2D eigenvalue weighted by molar-refractivity contribution is 5.97. The Morgan fingerprint density at radius 3 is 2.80 bits per heavy atom. The van der Waals surface area contributed by atoms with Crippen LogP contribution in [0.1, 0.15) is 43.1 Å². The third kappa shape index (κ3) is 3.66. The van der Waals surface area contributed by atoms with Gasteiger partial charge in [0.1, 0.15) is 0 Å². The lowest BCUT2D eigenvalue weighted by atomic mass is 9.96. The van der Waals surface area contributed by atoms with Crippen molar-refractivity contribution in [2.45, 2.75) is 33.6 Å². The standard InChI is InChI=1S/C16H24N2O.ClH/c1-4-18(11-12(2)3)16(19)14-7-5-9-15-13(14)8-6-10-17-15;/h5,7,9,12,17H,4,6,8,10-11H2,1-3H3;1H. The van der Waals surface area contributed by atoms with Crippen molar-refractivity contribution < 1.29 is 4.79 Å². The van der Waals surface area contributed by atoms with Gasteiger partial charge in [-0.2, -0.15) is 0 Å². The molecule has 4 heteroatoms. The number of rotatable bonds is 4. The van der Waals surface area contributed by atoms with Crippen LogP contribution < -0.4 is 5.32 Å². The van der Waals surface area contributed by atoms with Crippen LogP contribution in [0.2, 0.25) is 0 Å². The second-order valence-corrected chi connectivity index (χ2v) is 5.60. The number of benzene rings is 1. The maximum Gasteiger partial charge on any atom is 0.254 e. The minimum atomic E-state index is 0. The Hall–Kier alpha value is -1.22. The van der Waals surface area contributed by atoms with Gasteiger partial charge in [-0.05, 0) is 43.4 Å². The molecule has 1 amide bonds. The number of fused-ring (bicyclic) bond motifs is 1. The third-order valence-electron chi connectivity index (χ3n) is 3.58. The van der Waals surface area contributed by atoms with Crippen molar-refractivity contribution in [1.29, 1.82) is 0 Å². The number of amides is 1. The average Bonchev–Trinajstić information content (AvgIpc) is 2.43. The number of carbonyl (C=O) groups excluding carboxylic acids is 1. The summed E-state index contributed by atoms with van der Waals surface area (Å²) in [5.74, 6) is 0.679. The molecule has 20 heavy (non-hydrogen) atoms. The van der Waals surface area contributed by atoms with Crippen molar-refractivity contribution in [2.24, 2.45) is 5.92 Å². The molecule has 1 N–H and O–H groups in total. The summed E-state index contributed by atoms with van der Waals surface area (Å²) in [6.45, 7) is 8.96. The Labute approximate surface area is 128 Å².